The predicted octanol–water partition coefficient (Wildman–Crippen LogP) is 2.24. The van der Waals surface area contributed by atoms with Crippen LogP contribution in [0.4, 0.5) is 0 Å². The van der Waals surface area contributed by atoms with E-state index in [4.69, 9.17) is 0 Å². The Hall–Kier alpha value is -0.510. The average Bonchev–Trinajstić information content (AvgIpc) is 2.02. The van der Waals surface area contributed by atoms with Crippen LogP contribution in [0.3, 0.4) is 0 Å². The van der Waals surface area contributed by atoms with Crippen LogP contribution in [0, 0.1) is 0 Å². The van der Waals surface area contributed by atoms with Crippen molar-refractivity contribution in [2.75, 3.05) is 0 Å². The molecule has 0 aliphatic heterocycles. The van der Waals surface area contributed by atoms with Crippen molar-refractivity contribution >= 4 is 11.4 Å². The van der Waals surface area contributed by atoms with E-state index < -0.39 is 11.4 Å². The summed E-state index contributed by atoms with van der Waals surface area (Å²) in [6, 6.07) is 9.86. The molecule has 0 heterocycles. The van der Waals surface area contributed by atoms with Crippen molar-refractivity contribution in [2.45, 2.75) is 32.1 Å². The Bertz CT molecular complexity index is 268. The Kier molecular flexibility index (Phi) is 3.98. The Morgan fingerprint density at radius 1 is 1.21 bits per heavy atom. The number of rotatable bonds is 3. The van der Waals surface area contributed by atoms with E-state index in [1.165, 1.54) is 0 Å². The van der Waals surface area contributed by atoms with Gasteiger partial charge >= 0.3 is 0 Å². The average molecular weight is 211 g/mol. The predicted molar refractivity (Wildman–Crippen MR) is 61.2 cm³/mol. The topological polar surface area (TPSA) is 35.1 Å². The van der Waals surface area contributed by atoms with Crippen molar-refractivity contribution in [1.82, 2.24) is 4.72 Å². The quantitative estimate of drug-likeness (QED) is 0.778. The fraction of sp³-hybridized carbons (Fsp3) is 0.455. The second-order valence-corrected chi connectivity index (χ2v) is 5.51. The molecule has 0 aromatic heterocycles. The lowest BCUT2D eigenvalue weighted by atomic mass is 10.1. The summed E-state index contributed by atoms with van der Waals surface area (Å²) < 4.78 is 14.7. The van der Waals surface area contributed by atoms with Crippen LogP contribution in [0.15, 0.2) is 30.3 Å². The molecule has 1 aromatic rings. The van der Waals surface area contributed by atoms with Gasteiger partial charge in [-0.15, -0.1) is 4.72 Å². The number of nitrogens with one attached hydrogen (secondary N) is 1. The molecule has 0 aliphatic rings. The number of benzene rings is 1. The van der Waals surface area contributed by atoms with Gasteiger partial charge in [-0.05, 0) is 20.8 Å². The molecule has 0 bridgehead atoms. The van der Waals surface area contributed by atoms with Crippen molar-refractivity contribution in [2.24, 2.45) is 0 Å². The van der Waals surface area contributed by atoms with Crippen molar-refractivity contribution in [3.8, 4) is 0 Å². The zero-order chi connectivity index (χ0) is 10.6. The summed E-state index contributed by atoms with van der Waals surface area (Å²) in [6.07, 6.45) is 0. The molecule has 1 N–H and O–H groups in total. The van der Waals surface area contributed by atoms with E-state index in [0.29, 0.717) is 5.75 Å². The molecule has 0 spiro atoms. The van der Waals surface area contributed by atoms with E-state index in [2.05, 4.69) is 4.72 Å². The molecule has 2 nitrogen and oxygen atoms in total. The maximum Gasteiger partial charge on any atom is 0.150 e. The van der Waals surface area contributed by atoms with E-state index in [-0.39, 0.29) is 5.54 Å². The highest BCUT2D eigenvalue weighted by molar-refractivity contribution is 7.88. The van der Waals surface area contributed by atoms with Crippen LogP contribution in [0.5, 0.6) is 0 Å². The summed E-state index contributed by atoms with van der Waals surface area (Å²) >= 11 is -0.990. The first kappa shape index (κ1) is 11.6. The summed E-state index contributed by atoms with van der Waals surface area (Å²) in [6.45, 7) is 6.03. The summed E-state index contributed by atoms with van der Waals surface area (Å²) in [7, 11) is 0. The largest absolute Gasteiger partial charge is 0.598 e. The highest BCUT2D eigenvalue weighted by atomic mass is 32.2. The first-order valence-corrected chi connectivity index (χ1v) is 5.99. The minimum atomic E-state index is -0.990. The summed E-state index contributed by atoms with van der Waals surface area (Å²) in [5, 5.41) is 0. The van der Waals surface area contributed by atoms with Gasteiger partial charge in [0.1, 0.15) is 0 Å². The highest BCUT2D eigenvalue weighted by Crippen LogP contribution is 2.08. The zero-order valence-electron chi connectivity index (χ0n) is 8.91. The zero-order valence-corrected chi connectivity index (χ0v) is 9.73. The van der Waals surface area contributed by atoms with Gasteiger partial charge in [-0.25, -0.2) is 0 Å². The Morgan fingerprint density at radius 3 is 2.29 bits per heavy atom. The molecule has 0 radical (unpaired) electrons. The van der Waals surface area contributed by atoms with Gasteiger partial charge in [0.2, 0.25) is 0 Å². The highest BCUT2D eigenvalue weighted by Gasteiger charge is 2.18. The van der Waals surface area contributed by atoms with Gasteiger partial charge in [-0.2, -0.15) is 0 Å². The molecule has 1 aromatic carbocycles. The first-order chi connectivity index (χ1) is 6.47. The normalized spacial score (nSPS) is 14.0. The van der Waals surface area contributed by atoms with Crippen LogP contribution < -0.4 is 4.72 Å². The van der Waals surface area contributed by atoms with Crippen LogP contribution >= 0.6 is 0 Å². The Balaban J connectivity index is 2.46. The van der Waals surface area contributed by atoms with Gasteiger partial charge in [0.25, 0.3) is 0 Å². The molecule has 78 valence electrons. The summed E-state index contributed by atoms with van der Waals surface area (Å²) in [5.74, 6) is 0.568. The molecule has 1 rings (SSSR count). The van der Waals surface area contributed by atoms with Crippen LogP contribution in [0.1, 0.15) is 26.3 Å². The van der Waals surface area contributed by atoms with Crippen molar-refractivity contribution < 1.29 is 4.55 Å². The van der Waals surface area contributed by atoms with Crippen LogP contribution in [-0.4, -0.2) is 10.1 Å². The molecule has 0 fully saturated rings. The maximum absolute atomic E-state index is 11.6. The molecule has 1 unspecified atom stereocenters. The third kappa shape index (κ3) is 4.65. The Morgan fingerprint density at radius 2 is 1.79 bits per heavy atom. The molecule has 0 saturated heterocycles. The maximum atomic E-state index is 11.6. The number of hydrogen-bond donors (Lipinski definition) is 1. The van der Waals surface area contributed by atoms with Gasteiger partial charge in [-0.1, -0.05) is 30.3 Å². The van der Waals surface area contributed by atoms with E-state index in [9.17, 15) is 4.55 Å². The van der Waals surface area contributed by atoms with E-state index in [0.717, 1.165) is 5.56 Å². The number of hydrogen-bond acceptors (Lipinski definition) is 2. The molecule has 0 aliphatic carbocycles. The SMILES string of the molecule is CC(C)(C)N[S+]([O-])Cc1ccccc1. The monoisotopic (exact) mass is 211 g/mol. The lowest BCUT2D eigenvalue weighted by Gasteiger charge is -2.21. The lowest BCUT2D eigenvalue weighted by molar-refractivity contribution is 0.490. The van der Waals surface area contributed by atoms with Gasteiger partial charge in [0.05, 0.1) is 5.54 Å². The van der Waals surface area contributed by atoms with Crippen LogP contribution in [0.2, 0.25) is 0 Å². The Labute approximate surface area is 89.0 Å². The fourth-order valence-corrected chi connectivity index (χ4v) is 2.35. The summed E-state index contributed by atoms with van der Waals surface area (Å²) in [5.41, 5.74) is 1.00. The van der Waals surface area contributed by atoms with Crippen molar-refractivity contribution in [3.05, 3.63) is 35.9 Å². The minimum Gasteiger partial charge on any atom is -0.598 e. The molecule has 0 saturated carbocycles. The van der Waals surface area contributed by atoms with E-state index in [1.54, 1.807) is 0 Å². The lowest BCUT2D eigenvalue weighted by Crippen LogP contribution is -2.41. The van der Waals surface area contributed by atoms with Crippen molar-refractivity contribution in [3.63, 3.8) is 0 Å². The molecule has 3 heteroatoms. The standard InChI is InChI=1S/C11H17NOS/c1-11(2,3)12-14(13)9-10-7-5-4-6-8-10/h4-8,12H,9H2,1-3H3. The molecule has 14 heavy (non-hydrogen) atoms. The van der Waals surface area contributed by atoms with Gasteiger partial charge < -0.3 is 4.55 Å². The summed E-state index contributed by atoms with van der Waals surface area (Å²) in [4.78, 5) is 0. The fourth-order valence-electron chi connectivity index (χ4n) is 1.10. The second-order valence-electron chi connectivity index (χ2n) is 4.33. The molecule has 0 amide bonds. The van der Waals surface area contributed by atoms with E-state index >= 15 is 0 Å². The van der Waals surface area contributed by atoms with E-state index in [1.807, 2.05) is 51.1 Å². The van der Waals surface area contributed by atoms with Crippen molar-refractivity contribution in [1.29, 1.82) is 0 Å². The third-order valence-electron chi connectivity index (χ3n) is 1.56. The second kappa shape index (κ2) is 4.82. The molecular formula is C11H17NOS. The van der Waals surface area contributed by atoms with Gasteiger partial charge in [0, 0.05) is 16.9 Å². The molecule has 1 atom stereocenters. The van der Waals surface area contributed by atoms with Gasteiger partial charge in [-0.3, -0.25) is 0 Å². The minimum absolute atomic E-state index is 0.0976. The molecular weight excluding hydrogens is 194 g/mol. The van der Waals surface area contributed by atoms with Crippen LogP contribution in [-0.2, 0) is 17.1 Å². The van der Waals surface area contributed by atoms with Crippen LogP contribution in [0.25, 0.3) is 0 Å². The first-order valence-electron chi connectivity index (χ1n) is 4.67. The smallest absolute Gasteiger partial charge is 0.150 e. The third-order valence-corrected chi connectivity index (χ3v) is 3.00. The van der Waals surface area contributed by atoms with Gasteiger partial charge in [0.15, 0.2) is 5.75 Å².